The molecule has 0 unspecified atom stereocenters. The Hall–Kier alpha value is -2.08. The van der Waals surface area contributed by atoms with Crippen molar-refractivity contribution in [3.63, 3.8) is 0 Å². The summed E-state index contributed by atoms with van der Waals surface area (Å²) in [5.41, 5.74) is 2.95. The second-order valence-electron chi connectivity index (χ2n) is 3.68. The minimum Gasteiger partial charge on any atom is -0.478 e. The van der Waals surface area contributed by atoms with Crippen LogP contribution in [0.3, 0.4) is 0 Å². The van der Waals surface area contributed by atoms with Crippen LogP contribution in [0.15, 0.2) is 24.3 Å². The van der Waals surface area contributed by atoms with Gasteiger partial charge in [0.2, 0.25) is 0 Å². The van der Waals surface area contributed by atoms with Crippen molar-refractivity contribution < 1.29 is 4.74 Å². The smallest absolute Gasteiger partial charge is 0.174 e. The number of pyridine rings is 1. The van der Waals surface area contributed by atoms with Crippen molar-refractivity contribution in [2.75, 3.05) is 6.61 Å². The lowest BCUT2D eigenvalue weighted by Crippen LogP contribution is -1.97. The lowest BCUT2D eigenvalue weighted by atomic mass is 10.1. The number of aromatic nitrogens is 1. The van der Waals surface area contributed by atoms with Crippen LogP contribution in [0.1, 0.15) is 11.3 Å². The molecule has 0 aliphatic rings. The van der Waals surface area contributed by atoms with Crippen LogP contribution in [-0.4, -0.2) is 11.6 Å². The molecule has 0 aliphatic carbocycles. The van der Waals surface area contributed by atoms with Crippen molar-refractivity contribution in [2.45, 2.75) is 13.8 Å². The van der Waals surface area contributed by atoms with Crippen LogP contribution in [0.4, 0.5) is 0 Å². The zero-order chi connectivity index (χ0) is 11.5. The number of nitriles is 1. The topological polar surface area (TPSA) is 45.9 Å². The van der Waals surface area contributed by atoms with E-state index in [1.165, 1.54) is 0 Å². The average Bonchev–Trinajstić information content (AvgIpc) is 2.27. The zero-order valence-corrected chi connectivity index (χ0v) is 9.32. The highest BCUT2D eigenvalue weighted by atomic mass is 16.5. The Morgan fingerprint density at radius 1 is 1.38 bits per heavy atom. The first-order valence-electron chi connectivity index (χ1n) is 5.09. The van der Waals surface area contributed by atoms with E-state index in [9.17, 15) is 0 Å². The molecule has 0 aliphatic heterocycles. The fourth-order valence-electron chi connectivity index (χ4n) is 1.71. The Morgan fingerprint density at radius 3 is 2.94 bits per heavy atom. The van der Waals surface area contributed by atoms with Crippen LogP contribution < -0.4 is 4.74 Å². The van der Waals surface area contributed by atoms with E-state index >= 15 is 0 Å². The fraction of sp³-hybridized carbons (Fsp3) is 0.231. The summed E-state index contributed by atoms with van der Waals surface area (Å²) in [6.07, 6.45) is 0. The monoisotopic (exact) mass is 212 g/mol. The van der Waals surface area contributed by atoms with Crippen LogP contribution in [0.2, 0.25) is 0 Å². The second kappa shape index (κ2) is 4.19. The van der Waals surface area contributed by atoms with Crippen LogP contribution in [0, 0.1) is 25.2 Å². The summed E-state index contributed by atoms with van der Waals surface area (Å²) in [4.78, 5) is 4.48. The van der Waals surface area contributed by atoms with Crippen molar-refractivity contribution in [2.24, 2.45) is 0 Å². The SMILES string of the molecule is Cc1cc(OCC#N)c2cccc(C)c2n1. The van der Waals surface area contributed by atoms with E-state index in [4.69, 9.17) is 10.00 Å². The van der Waals surface area contributed by atoms with Gasteiger partial charge in [0, 0.05) is 17.1 Å². The fourth-order valence-corrected chi connectivity index (χ4v) is 1.71. The van der Waals surface area contributed by atoms with E-state index in [0.29, 0.717) is 0 Å². The normalized spacial score (nSPS) is 10.1. The van der Waals surface area contributed by atoms with Gasteiger partial charge in [-0.25, -0.2) is 0 Å². The van der Waals surface area contributed by atoms with E-state index in [0.717, 1.165) is 27.9 Å². The van der Waals surface area contributed by atoms with E-state index < -0.39 is 0 Å². The molecule has 2 rings (SSSR count). The zero-order valence-electron chi connectivity index (χ0n) is 9.32. The maximum atomic E-state index is 8.53. The molecule has 2 aromatic rings. The van der Waals surface area contributed by atoms with Gasteiger partial charge in [-0.3, -0.25) is 4.98 Å². The molecule has 1 aromatic heterocycles. The third kappa shape index (κ3) is 1.82. The summed E-state index contributed by atoms with van der Waals surface area (Å²) in [6.45, 7) is 4.00. The standard InChI is InChI=1S/C13H12N2O/c1-9-4-3-5-11-12(16-7-6-14)8-10(2)15-13(9)11/h3-5,8H,7H2,1-2H3. The molecule has 0 atom stereocenters. The Bertz CT molecular complexity index is 570. The number of para-hydroxylation sites is 1. The van der Waals surface area contributed by atoms with Gasteiger partial charge in [-0.15, -0.1) is 0 Å². The Morgan fingerprint density at radius 2 is 2.19 bits per heavy atom. The van der Waals surface area contributed by atoms with Gasteiger partial charge in [0.1, 0.15) is 11.8 Å². The van der Waals surface area contributed by atoms with Crippen LogP contribution in [0.5, 0.6) is 5.75 Å². The Labute approximate surface area is 94.3 Å². The Balaban J connectivity index is 2.64. The van der Waals surface area contributed by atoms with Gasteiger partial charge >= 0.3 is 0 Å². The minimum atomic E-state index is 0.0620. The molecule has 0 spiro atoms. The largest absolute Gasteiger partial charge is 0.478 e. The van der Waals surface area contributed by atoms with Crippen molar-refractivity contribution in [1.82, 2.24) is 4.98 Å². The highest BCUT2D eigenvalue weighted by molar-refractivity contribution is 5.87. The number of fused-ring (bicyclic) bond motifs is 1. The number of rotatable bonds is 2. The predicted molar refractivity (Wildman–Crippen MR) is 62.3 cm³/mol. The second-order valence-corrected chi connectivity index (χ2v) is 3.68. The van der Waals surface area contributed by atoms with E-state index in [1.807, 2.05) is 44.2 Å². The maximum absolute atomic E-state index is 8.53. The molecular weight excluding hydrogens is 200 g/mol. The molecule has 1 aromatic carbocycles. The van der Waals surface area contributed by atoms with E-state index in [2.05, 4.69) is 4.98 Å². The van der Waals surface area contributed by atoms with Crippen LogP contribution in [-0.2, 0) is 0 Å². The molecule has 3 heteroatoms. The first kappa shape index (κ1) is 10.4. The van der Waals surface area contributed by atoms with E-state index in [1.54, 1.807) is 0 Å². The van der Waals surface area contributed by atoms with E-state index in [-0.39, 0.29) is 6.61 Å². The first-order valence-corrected chi connectivity index (χ1v) is 5.09. The molecule has 0 saturated carbocycles. The summed E-state index contributed by atoms with van der Waals surface area (Å²) >= 11 is 0. The number of hydrogen-bond donors (Lipinski definition) is 0. The first-order chi connectivity index (χ1) is 7.72. The Kier molecular flexibility index (Phi) is 2.74. The van der Waals surface area contributed by atoms with Gasteiger partial charge in [0.15, 0.2) is 6.61 Å². The summed E-state index contributed by atoms with van der Waals surface area (Å²) in [6, 6.07) is 9.78. The lowest BCUT2D eigenvalue weighted by molar-refractivity contribution is 0.372. The molecule has 0 N–H and O–H groups in total. The highest BCUT2D eigenvalue weighted by Crippen LogP contribution is 2.27. The molecule has 0 fully saturated rings. The number of nitrogens with zero attached hydrogens (tertiary/aromatic N) is 2. The number of ether oxygens (including phenoxy) is 1. The molecule has 3 nitrogen and oxygen atoms in total. The van der Waals surface area contributed by atoms with Gasteiger partial charge in [0.25, 0.3) is 0 Å². The van der Waals surface area contributed by atoms with Gasteiger partial charge in [0.05, 0.1) is 5.52 Å². The van der Waals surface area contributed by atoms with Gasteiger partial charge in [-0.2, -0.15) is 5.26 Å². The quantitative estimate of drug-likeness (QED) is 0.768. The number of hydrogen-bond acceptors (Lipinski definition) is 3. The third-order valence-corrected chi connectivity index (χ3v) is 2.42. The predicted octanol–water partition coefficient (Wildman–Crippen LogP) is 2.75. The molecule has 0 radical (unpaired) electrons. The third-order valence-electron chi connectivity index (χ3n) is 2.42. The van der Waals surface area contributed by atoms with Crippen molar-refractivity contribution in [3.8, 4) is 11.8 Å². The molecule has 1 heterocycles. The number of aryl methyl sites for hydroxylation is 2. The molecule has 0 bridgehead atoms. The maximum Gasteiger partial charge on any atom is 0.174 e. The molecule has 0 amide bonds. The molecular formula is C13H12N2O. The van der Waals surface area contributed by atoms with Gasteiger partial charge in [-0.1, -0.05) is 12.1 Å². The average molecular weight is 212 g/mol. The summed E-state index contributed by atoms with van der Waals surface area (Å²) in [5.74, 6) is 0.729. The van der Waals surface area contributed by atoms with Crippen molar-refractivity contribution >= 4 is 10.9 Å². The van der Waals surface area contributed by atoms with Gasteiger partial charge < -0.3 is 4.74 Å². The van der Waals surface area contributed by atoms with Crippen molar-refractivity contribution in [1.29, 1.82) is 5.26 Å². The summed E-state index contributed by atoms with van der Waals surface area (Å²) in [5, 5.41) is 9.49. The highest BCUT2D eigenvalue weighted by Gasteiger charge is 2.06. The lowest BCUT2D eigenvalue weighted by Gasteiger charge is -2.08. The summed E-state index contributed by atoms with van der Waals surface area (Å²) < 4.78 is 5.40. The van der Waals surface area contributed by atoms with Gasteiger partial charge in [-0.05, 0) is 25.5 Å². The minimum absolute atomic E-state index is 0.0620. The molecule has 80 valence electrons. The summed E-state index contributed by atoms with van der Waals surface area (Å²) in [7, 11) is 0. The van der Waals surface area contributed by atoms with Crippen molar-refractivity contribution in [3.05, 3.63) is 35.5 Å². The van der Waals surface area contributed by atoms with Crippen LogP contribution >= 0.6 is 0 Å². The number of benzene rings is 1. The van der Waals surface area contributed by atoms with Crippen LogP contribution in [0.25, 0.3) is 10.9 Å². The molecule has 0 saturated heterocycles. The molecule has 16 heavy (non-hydrogen) atoms.